The number of hydrogen-bond acceptors (Lipinski definition) is 4. The van der Waals surface area contributed by atoms with E-state index in [-0.39, 0.29) is 12.1 Å². The maximum atomic E-state index is 10.0. The van der Waals surface area contributed by atoms with Crippen LogP contribution >= 0.6 is 0 Å². The van der Waals surface area contributed by atoms with Crippen molar-refractivity contribution in [2.75, 3.05) is 0 Å². The molecule has 12 heavy (non-hydrogen) atoms. The number of rotatable bonds is 1. The third-order valence-electron chi connectivity index (χ3n) is 0.402. The molecule has 0 aliphatic rings. The van der Waals surface area contributed by atoms with Crippen LogP contribution in [-0.2, 0) is 19.9 Å². The van der Waals surface area contributed by atoms with Gasteiger partial charge in [0.2, 0.25) is 0 Å². The number of esters is 1. The van der Waals surface area contributed by atoms with Gasteiger partial charge in [0.1, 0.15) is 0 Å². The molecular formula is C5H12O6S. The van der Waals surface area contributed by atoms with Crippen LogP contribution in [0.5, 0.6) is 0 Å². The summed E-state index contributed by atoms with van der Waals surface area (Å²) in [6.07, 6.45) is 0.0255. The molecule has 2 N–H and O–H groups in total. The number of carbonyl (C=O) groups excluding carboxylic acids is 1. The first-order valence-electron chi connectivity index (χ1n) is 3.00. The van der Waals surface area contributed by atoms with Crippen molar-refractivity contribution in [2.24, 2.45) is 0 Å². The Kier molecular flexibility index (Phi) is 6.86. The van der Waals surface area contributed by atoms with Gasteiger partial charge < -0.3 is 4.74 Å². The number of hydrogen-bond donors (Lipinski definition) is 2. The summed E-state index contributed by atoms with van der Waals surface area (Å²) in [4.78, 5) is 10.0. The standard InChI is InChI=1S/C5H10O2.H2O4S/c1-4(2)7-5(3)6;1-5(2,3)4/h4H,1-3H3;(H2,1,2,3,4). The van der Waals surface area contributed by atoms with Gasteiger partial charge in [0.05, 0.1) is 6.10 Å². The predicted octanol–water partition coefficient (Wildman–Crippen LogP) is 0.305. The molecule has 7 heteroatoms. The minimum Gasteiger partial charge on any atom is -0.463 e. The van der Waals surface area contributed by atoms with Gasteiger partial charge in [-0.3, -0.25) is 13.9 Å². The molecule has 0 aromatic heterocycles. The number of ether oxygens (including phenoxy) is 1. The highest BCUT2D eigenvalue weighted by Crippen LogP contribution is 1.85. The zero-order valence-corrected chi connectivity index (χ0v) is 7.83. The second-order valence-electron chi connectivity index (χ2n) is 2.11. The minimum atomic E-state index is -4.67. The van der Waals surface area contributed by atoms with Crippen molar-refractivity contribution in [2.45, 2.75) is 26.9 Å². The van der Waals surface area contributed by atoms with Crippen LogP contribution in [-0.4, -0.2) is 29.6 Å². The summed E-state index contributed by atoms with van der Waals surface area (Å²) in [5, 5.41) is 0. The molecule has 0 saturated heterocycles. The fraction of sp³-hybridized carbons (Fsp3) is 0.800. The van der Waals surface area contributed by atoms with E-state index in [2.05, 4.69) is 4.74 Å². The molecule has 0 heterocycles. The zero-order valence-electron chi connectivity index (χ0n) is 7.01. The highest BCUT2D eigenvalue weighted by Gasteiger charge is 1.93. The van der Waals surface area contributed by atoms with Gasteiger partial charge in [-0.15, -0.1) is 0 Å². The molecule has 0 saturated carbocycles. The summed E-state index contributed by atoms with van der Waals surface area (Å²) < 4.78 is 36.2. The smallest absolute Gasteiger partial charge is 0.394 e. The first-order chi connectivity index (χ1) is 5.13. The predicted molar refractivity (Wildman–Crippen MR) is 41.1 cm³/mol. The Balaban J connectivity index is 0. The van der Waals surface area contributed by atoms with E-state index in [0.717, 1.165) is 0 Å². The molecule has 0 bridgehead atoms. The summed E-state index contributed by atoms with van der Waals surface area (Å²) in [5.74, 6) is -0.213. The number of carbonyl (C=O) groups is 1. The van der Waals surface area contributed by atoms with E-state index in [9.17, 15) is 4.79 Å². The van der Waals surface area contributed by atoms with Crippen LogP contribution in [0.2, 0.25) is 0 Å². The highest BCUT2D eigenvalue weighted by molar-refractivity contribution is 7.79. The van der Waals surface area contributed by atoms with E-state index in [1.54, 1.807) is 0 Å². The van der Waals surface area contributed by atoms with Crippen molar-refractivity contribution < 1.29 is 27.1 Å². The van der Waals surface area contributed by atoms with Crippen LogP contribution in [0.3, 0.4) is 0 Å². The van der Waals surface area contributed by atoms with Crippen molar-refractivity contribution in [1.82, 2.24) is 0 Å². The normalized spacial score (nSPS) is 10.2. The van der Waals surface area contributed by atoms with E-state index in [0.29, 0.717) is 0 Å². The van der Waals surface area contributed by atoms with E-state index in [1.165, 1.54) is 6.92 Å². The van der Waals surface area contributed by atoms with Crippen molar-refractivity contribution in [3.05, 3.63) is 0 Å². The van der Waals surface area contributed by atoms with Crippen LogP contribution in [0.4, 0.5) is 0 Å². The van der Waals surface area contributed by atoms with Gasteiger partial charge in [-0.1, -0.05) is 0 Å². The maximum Gasteiger partial charge on any atom is 0.394 e. The van der Waals surface area contributed by atoms with Crippen molar-refractivity contribution in [3.63, 3.8) is 0 Å². The fourth-order valence-electron chi connectivity index (χ4n) is 0.332. The van der Waals surface area contributed by atoms with Crippen LogP contribution in [0, 0.1) is 0 Å². The molecule has 0 fully saturated rings. The summed E-state index contributed by atoms with van der Waals surface area (Å²) in [7, 11) is -4.67. The van der Waals surface area contributed by atoms with Gasteiger partial charge in [-0.2, -0.15) is 8.42 Å². The van der Waals surface area contributed by atoms with Crippen molar-refractivity contribution in [3.8, 4) is 0 Å². The molecule has 0 rings (SSSR count). The molecule has 0 unspecified atom stereocenters. The Morgan fingerprint density at radius 3 is 1.58 bits per heavy atom. The molecule has 0 spiro atoms. The largest absolute Gasteiger partial charge is 0.463 e. The van der Waals surface area contributed by atoms with Gasteiger partial charge in [-0.25, -0.2) is 0 Å². The molecule has 0 aromatic carbocycles. The van der Waals surface area contributed by atoms with Gasteiger partial charge in [0, 0.05) is 6.92 Å². The van der Waals surface area contributed by atoms with Crippen LogP contribution in [0.25, 0.3) is 0 Å². The van der Waals surface area contributed by atoms with Crippen LogP contribution < -0.4 is 0 Å². The third-order valence-corrected chi connectivity index (χ3v) is 0.402. The summed E-state index contributed by atoms with van der Waals surface area (Å²) in [6.45, 7) is 5.04. The molecule has 0 atom stereocenters. The van der Waals surface area contributed by atoms with Gasteiger partial charge in [-0.05, 0) is 13.8 Å². The second-order valence-corrected chi connectivity index (χ2v) is 3.00. The molecule has 0 aromatic rings. The lowest BCUT2D eigenvalue weighted by molar-refractivity contribution is -0.144. The van der Waals surface area contributed by atoms with Crippen LogP contribution in [0.1, 0.15) is 20.8 Å². The lowest BCUT2D eigenvalue weighted by atomic mass is 10.5. The fourth-order valence-corrected chi connectivity index (χ4v) is 0.332. The molecule has 0 aliphatic heterocycles. The lowest BCUT2D eigenvalue weighted by Gasteiger charge is -2.01. The monoisotopic (exact) mass is 200 g/mol. The Morgan fingerprint density at radius 1 is 1.33 bits per heavy atom. The minimum absolute atomic E-state index is 0.0255. The average molecular weight is 200 g/mol. The van der Waals surface area contributed by atoms with Crippen molar-refractivity contribution >= 4 is 16.4 Å². The van der Waals surface area contributed by atoms with E-state index in [1.807, 2.05) is 13.8 Å². The zero-order chi connectivity index (χ0) is 10.4. The van der Waals surface area contributed by atoms with E-state index < -0.39 is 10.4 Å². The highest BCUT2D eigenvalue weighted by atomic mass is 32.3. The molecule has 0 radical (unpaired) electrons. The molecule has 6 nitrogen and oxygen atoms in total. The second kappa shape index (κ2) is 5.92. The first-order valence-corrected chi connectivity index (χ1v) is 4.39. The molecule has 74 valence electrons. The summed E-state index contributed by atoms with van der Waals surface area (Å²) in [6, 6.07) is 0. The Bertz CT molecular complexity index is 208. The topological polar surface area (TPSA) is 101 Å². The average Bonchev–Trinajstić information content (AvgIpc) is 1.52. The molecule has 0 aliphatic carbocycles. The maximum absolute atomic E-state index is 10.0. The SMILES string of the molecule is CC(=O)OC(C)C.O=S(=O)(O)O. The third kappa shape index (κ3) is 58.2. The quantitative estimate of drug-likeness (QED) is 0.466. The Hall–Kier alpha value is -0.660. The summed E-state index contributed by atoms with van der Waals surface area (Å²) >= 11 is 0. The first kappa shape index (κ1) is 13.9. The Morgan fingerprint density at radius 2 is 1.58 bits per heavy atom. The van der Waals surface area contributed by atoms with E-state index >= 15 is 0 Å². The van der Waals surface area contributed by atoms with Gasteiger partial charge >= 0.3 is 16.4 Å². The van der Waals surface area contributed by atoms with Crippen LogP contribution in [0.15, 0.2) is 0 Å². The van der Waals surface area contributed by atoms with Crippen molar-refractivity contribution in [1.29, 1.82) is 0 Å². The summed E-state index contributed by atoms with van der Waals surface area (Å²) in [5.41, 5.74) is 0. The Labute approximate surface area is 71.1 Å². The van der Waals surface area contributed by atoms with E-state index in [4.69, 9.17) is 17.5 Å². The van der Waals surface area contributed by atoms with Gasteiger partial charge in [0.15, 0.2) is 0 Å². The molecular weight excluding hydrogens is 188 g/mol. The molecule has 0 amide bonds. The lowest BCUT2D eigenvalue weighted by Crippen LogP contribution is -2.06. The van der Waals surface area contributed by atoms with Gasteiger partial charge in [0.25, 0.3) is 0 Å².